The molecule has 0 amide bonds. The van der Waals surface area contributed by atoms with E-state index in [1.54, 1.807) is 11.1 Å². The number of aryl methyl sites for hydroxylation is 1. The minimum Gasteiger partial charge on any atom is -0.105 e. The van der Waals surface area contributed by atoms with Gasteiger partial charge in [0.2, 0.25) is 0 Å². The van der Waals surface area contributed by atoms with Gasteiger partial charge in [-0.3, -0.25) is 0 Å². The second-order valence-electron chi connectivity index (χ2n) is 7.49. The van der Waals surface area contributed by atoms with E-state index in [2.05, 4.69) is 69.8 Å². The Bertz CT molecular complexity index is 412. The quantitative estimate of drug-likeness (QED) is 0.594. The second kappa shape index (κ2) is 6.61. The summed E-state index contributed by atoms with van der Waals surface area (Å²) in [4.78, 5) is 0. The zero-order valence-electron chi connectivity index (χ0n) is 14.6. The van der Waals surface area contributed by atoms with E-state index in [1.165, 1.54) is 36.6 Å². The van der Waals surface area contributed by atoms with Crippen LogP contribution in [0, 0.1) is 6.92 Å². The number of benzene rings is 1. The smallest absolute Gasteiger partial charge is 0.00945 e. The first-order valence-electron chi connectivity index (χ1n) is 8.07. The van der Waals surface area contributed by atoms with Crippen molar-refractivity contribution in [3.8, 4) is 0 Å². The van der Waals surface area contributed by atoms with E-state index in [-0.39, 0.29) is 10.8 Å². The van der Waals surface area contributed by atoms with Gasteiger partial charge in [-0.1, -0.05) is 66.5 Å². The van der Waals surface area contributed by atoms with Crippen LogP contribution in [0.15, 0.2) is 12.1 Å². The van der Waals surface area contributed by atoms with Gasteiger partial charge >= 0.3 is 0 Å². The first-order valence-corrected chi connectivity index (χ1v) is 8.65. The van der Waals surface area contributed by atoms with Crippen LogP contribution in [0.1, 0.15) is 83.9 Å². The molecule has 1 atom stereocenters. The van der Waals surface area contributed by atoms with Gasteiger partial charge in [0.05, 0.1) is 0 Å². The summed E-state index contributed by atoms with van der Waals surface area (Å²) in [7, 11) is 2.97. The average molecular weight is 292 g/mol. The summed E-state index contributed by atoms with van der Waals surface area (Å²) >= 11 is 0. The van der Waals surface area contributed by atoms with Gasteiger partial charge in [0.1, 0.15) is 0 Å². The van der Waals surface area contributed by atoms with Crippen LogP contribution in [0.25, 0.3) is 0 Å². The van der Waals surface area contributed by atoms with Gasteiger partial charge in [0.15, 0.2) is 0 Å². The Labute approximate surface area is 129 Å². The van der Waals surface area contributed by atoms with E-state index in [0.29, 0.717) is 0 Å². The molecule has 1 aromatic carbocycles. The van der Waals surface area contributed by atoms with Crippen molar-refractivity contribution in [2.45, 2.75) is 85.0 Å². The topological polar surface area (TPSA) is 0 Å². The van der Waals surface area contributed by atoms with Crippen molar-refractivity contribution in [2.75, 3.05) is 0 Å². The molecule has 0 spiro atoms. The first-order chi connectivity index (χ1) is 9.17. The third-order valence-corrected chi connectivity index (χ3v) is 5.03. The van der Waals surface area contributed by atoms with Crippen LogP contribution in [0.5, 0.6) is 0 Å². The molecule has 1 unspecified atom stereocenters. The number of hydrogen-bond donors (Lipinski definition) is 0. The highest BCUT2D eigenvalue weighted by molar-refractivity contribution is 7.27. The molecule has 0 saturated heterocycles. The van der Waals surface area contributed by atoms with Crippen molar-refractivity contribution in [1.82, 2.24) is 0 Å². The Balaban J connectivity index is 3.54. The lowest BCUT2D eigenvalue weighted by molar-refractivity contribution is 0.428. The molecule has 0 N–H and O–H groups in total. The summed E-state index contributed by atoms with van der Waals surface area (Å²) in [6, 6.07) is 4.57. The van der Waals surface area contributed by atoms with Crippen molar-refractivity contribution in [2.24, 2.45) is 0 Å². The summed E-state index contributed by atoms with van der Waals surface area (Å²) in [5.41, 5.74) is 5.12. The Hall–Kier alpha value is -0.350. The number of hydrogen-bond acceptors (Lipinski definition) is 0. The minimum atomic E-state index is 0.248. The SMILES string of the molecule is CCCC(C)(C)c1c(C)ccc(P)c1C(C)(C)CCC. The predicted octanol–water partition coefficient (Wildman–Crippen LogP) is 5.65. The summed E-state index contributed by atoms with van der Waals surface area (Å²) in [6.07, 6.45) is 4.96. The van der Waals surface area contributed by atoms with Crippen LogP contribution in [-0.4, -0.2) is 0 Å². The maximum absolute atomic E-state index is 2.97. The Morgan fingerprint density at radius 1 is 0.850 bits per heavy atom. The highest BCUT2D eigenvalue weighted by atomic mass is 31.0. The summed E-state index contributed by atoms with van der Waals surface area (Å²) in [5.74, 6) is 0. The lowest BCUT2D eigenvalue weighted by Gasteiger charge is -2.37. The van der Waals surface area contributed by atoms with Crippen LogP contribution in [0.4, 0.5) is 0 Å². The van der Waals surface area contributed by atoms with Crippen LogP contribution in [0.3, 0.4) is 0 Å². The fourth-order valence-electron chi connectivity index (χ4n) is 3.82. The van der Waals surface area contributed by atoms with E-state index >= 15 is 0 Å². The predicted molar refractivity (Wildman–Crippen MR) is 96.4 cm³/mol. The fraction of sp³-hybridized carbons (Fsp3) is 0.684. The second-order valence-corrected chi connectivity index (χ2v) is 8.11. The van der Waals surface area contributed by atoms with Crippen LogP contribution >= 0.6 is 9.24 Å². The Morgan fingerprint density at radius 2 is 1.30 bits per heavy atom. The maximum Gasteiger partial charge on any atom is -0.00945 e. The highest BCUT2D eigenvalue weighted by Gasteiger charge is 2.32. The standard InChI is InChI=1S/C19H33P/c1-8-12-18(4,5)16-14(3)10-11-15(20)17(16)19(6,7)13-9-2/h10-11H,8-9,12-13,20H2,1-7H3. The highest BCUT2D eigenvalue weighted by Crippen LogP contribution is 2.40. The van der Waals surface area contributed by atoms with Gasteiger partial charge in [-0.05, 0) is 52.6 Å². The Kier molecular flexibility index (Phi) is 5.85. The monoisotopic (exact) mass is 292 g/mol. The molecule has 0 aliphatic carbocycles. The molecule has 0 aliphatic rings. The lowest BCUT2D eigenvalue weighted by Crippen LogP contribution is -2.31. The van der Waals surface area contributed by atoms with E-state index < -0.39 is 0 Å². The van der Waals surface area contributed by atoms with Crippen LogP contribution in [-0.2, 0) is 10.8 Å². The molecule has 0 aliphatic heterocycles. The molecule has 0 heterocycles. The zero-order valence-corrected chi connectivity index (χ0v) is 15.7. The van der Waals surface area contributed by atoms with Gasteiger partial charge in [-0.25, -0.2) is 0 Å². The van der Waals surface area contributed by atoms with Gasteiger partial charge in [0.25, 0.3) is 0 Å². The lowest BCUT2D eigenvalue weighted by atomic mass is 9.69. The molecule has 0 saturated carbocycles. The van der Waals surface area contributed by atoms with Crippen molar-refractivity contribution in [3.63, 3.8) is 0 Å². The molecule has 0 nitrogen and oxygen atoms in total. The number of rotatable bonds is 6. The van der Waals surface area contributed by atoms with Crippen LogP contribution in [0.2, 0.25) is 0 Å². The van der Waals surface area contributed by atoms with Gasteiger partial charge in [-0.2, -0.15) is 0 Å². The summed E-state index contributed by atoms with van der Waals surface area (Å²) in [5, 5.41) is 1.38. The van der Waals surface area contributed by atoms with E-state index in [1.807, 2.05) is 0 Å². The van der Waals surface area contributed by atoms with E-state index in [0.717, 1.165) is 0 Å². The molecule has 0 aromatic heterocycles. The van der Waals surface area contributed by atoms with Crippen molar-refractivity contribution >= 4 is 14.5 Å². The maximum atomic E-state index is 2.97. The third kappa shape index (κ3) is 3.64. The molecule has 0 radical (unpaired) electrons. The van der Waals surface area contributed by atoms with E-state index in [4.69, 9.17) is 0 Å². The van der Waals surface area contributed by atoms with Crippen LogP contribution < -0.4 is 5.30 Å². The molecule has 1 aromatic rings. The molecule has 114 valence electrons. The summed E-state index contributed by atoms with van der Waals surface area (Å²) in [6.45, 7) is 16.5. The van der Waals surface area contributed by atoms with Crippen molar-refractivity contribution in [1.29, 1.82) is 0 Å². The minimum absolute atomic E-state index is 0.248. The van der Waals surface area contributed by atoms with E-state index in [9.17, 15) is 0 Å². The molecule has 0 bridgehead atoms. The molecule has 1 heteroatoms. The van der Waals surface area contributed by atoms with Gasteiger partial charge < -0.3 is 0 Å². The molecule has 1 rings (SSSR count). The largest absolute Gasteiger partial charge is 0.105 e. The molecule has 0 fully saturated rings. The van der Waals surface area contributed by atoms with Gasteiger partial charge in [-0.15, -0.1) is 9.24 Å². The zero-order chi connectivity index (χ0) is 15.6. The van der Waals surface area contributed by atoms with Crippen molar-refractivity contribution in [3.05, 3.63) is 28.8 Å². The fourth-order valence-corrected chi connectivity index (χ4v) is 4.46. The normalized spacial score (nSPS) is 12.8. The molecule has 20 heavy (non-hydrogen) atoms. The first kappa shape index (κ1) is 17.7. The third-order valence-electron chi connectivity index (χ3n) is 4.55. The summed E-state index contributed by atoms with van der Waals surface area (Å²) < 4.78 is 0. The molecular weight excluding hydrogens is 259 g/mol. The Morgan fingerprint density at radius 3 is 1.75 bits per heavy atom. The molecular formula is C19H33P. The average Bonchev–Trinajstić information content (AvgIpc) is 2.31. The van der Waals surface area contributed by atoms with Gasteiger partial charge in [0, 0.05) is 0 Å². The van der Waals surface area contributed by atoms with Crippen molar-refractivity contribution < 1.29 is 0 Å².